The molecular formula is C21H23N3O3. The highest BCUT2D eigenvalue weighted by atomic mass is 16.5. The van der Waals surface area contributed by atoms with Gasteiger partial charge in [0, 0.05) is 18.1 Å². The lowest BCUT2D eigenvalue weighted by atomic mass is 9.97. The lowest BCUT2D eigenvalue weighted by Gasteiger charge is -2.18. The van der Waals surface area contributed by atoms with E-state index < -0.39 is 12.1 Å². The second-order valence-corrected chi connectivity index (χ2v) is 6.53. The van der Waals surface area contributed by atoms with Gasteiger partial charge in [-0.3, -0.25) is 4.79 Å². The fraction of sp³-hybridized carbons (Fsp3) is 0.286. The molecule has 0 bridgehead atoms. The molecule has 3 aromatic rings. The first-order valence-electron chi connectivity index (χ1n) is 9.04. The van der Waals surface area contributed by atoms with Crippen LogP contribution in [0.1, 0.15) is 49.2 Å². The molecule has 0 aliphatic rings. The second kappa shape index (κ2) is 8.03. The zero-order chi connectivity index (χ0) is 19.4. The van der Waals surface area contributed by atoms with Gasteiger partial charge < -0.3 is 14.5 Å². The van der Waals surface area contributed by atoms with Crippen LogP contribution in [0.3, 0.4) is 0 Å². The number of pyridine rings is 1. The minimum atomic E-state index is -0.938. The number of para-hydroxylation sites is 1. The number of benzene rings is 1. The molecular weight excluding hydrogens is 342 g/mol. The number of carbonyl (C=O) groups is 2. The second-order valence-electron chi connectivity index (χ2n) is 6.53. The molecule has 140 valence electrons. The number of anilines is 1. The average Bonchev–Trinajstić information content (AvgIpc) is 3.12. The number of hydrogen-bond donors (Lipinski definition) is 1. The van der Waals surface area contributed by atoms with Crippen LogP contribution in [-0.4, -0.2) is 27.4 Å². The molecule has 0 radical (unpaired) electrons. The Kier molecular flexibility index (Phi) is 5.54. The van der Waals surface area contributed by atoms with Crippen LogP contribution >= 0.6 is 0 Å². The highest BCUT2D eigenvalue weighted by molar-refractivity contribution is 5.97. The predicted molar refractivity (Wildman–Crippen MR) is 104 cm³/mol. The number of ether oxygens (including phenoxy) is 1. The largest absolute Gasteiger partial charge is 0.448 e. The minimum absolute atomic E-state index is 0.167. The molecule has 2 atom stereocenters. The van der Waals surface area contributed by atoms with Crippen molar-refractivity contribution in [1.82, 2.24) is 9.38 Å². The molecule has 0 aliphatic heterocycles. The van der Waals surface area contributed by atoms with Gasteiger partial charge in [-0.05, 0) is 43.0 Å². The molecule has 6 nitrogen and oxygen atoms in total. The third-order valence-corrected chi connectivity index (χ3v) is 4.59. The zero-order valence-corrected chi connectivity index (χ0v) is 15.7. The molecule has 6 heteroatoms. The van der Waals surface area contributed by atoms with Crippen LogP contribution in [0.4, 0.5) is 5.69 Å². The summed E-state index contributed by atoms with van der Waals surface area (Å²) in [5, 5.41) is 2.87. The lowest BCUT2D eigenvalue weighted by Crippen LogP contribution is -2.30. The Hall–Kier alpha value is -3.15. The van der Waals surface area contributed by atoms with Gasteiger partial charge in [-0.25, -0.2) is 9.78 Å². The van der Waals surface area contributed by atoms with E-state index in [1.807, 2.05) is 36.4 Å². The van der Waals surface area contributed by atoms with E-state index >= 15 is 0 Å². The fourth-order valence-electron chi connectivity index (χ4n) is 2.80. The Morgan fingerprint density at radius 2 is 1.89 bits per heavy atom. The van der Waals surface area contributed by atoms with E-state index in [2.05, 4.69) is 24.1 Å². The number of hydrogen-bond acceptors (Lipinski definition) is 4. The van der Waals surface area contributed by atoms with Crippen LogP contribution in [0.25, 0.3) is 5.65 Å². The smallest absolute Gasteiger partial charge is 0.359 e. The monoisotopic (exact) mass is 365 g/mol. The Morgan fingerprint density at radius 3 is 2.63 bits per heavy atom. The zero-order valence-electron chi connectivity index (χ0n) is 15.7. The van der Waals surface area contributed by atoms with Gasteiger partial charge in [0.2, 0.25) is 0 Å². The Labute approximate surface area is 158 Å². The van der Waals surface area contributed by atoms with Gasteiger partial charge in [-0.2, -0.15) is 0 Å². The Morgan fingerprint density at radius 1 is 1.15 bits per heavy atom. The van der Waals surface area contributed by atoms with Crippen molar-refractivity contribution in [2.24, 2.45) is 0 Å². The number of esters is 1. The molecule has 0 spiro atoms. The van der Waals surface area contributed by atoms with Crippen molar-refractivity contribution in [3.05, 3.63) is 66.1 Å². The summed E-state index contributed by atoms with van der Waals surface area (Å²) in [5.74, 6) is -0.684. The number of nitrogens with zero attached hydrogens (tertiary/aromatic N) is 2. The number of rotatable bonds is 6. The van der Waals surface area contributed by atoms with Gasteiger partial charge in [-0.15, -0.1) is 0 Å². The molecule has 0 fully saturated rings. The first kappa shape index (κ1) is 18.6. The molecule has 0 saturated heterocycles. The van der Waals surface area contributed by atoms with Crippen molar-refractivity contribution in [3.63, 3.8) is 0 Å². The molecule has 1 aromatic carbocycles. The van der Waals surface area contributed by atoms with Gasteiger partial charge in [0.1, 0.15) is 5.65 Å². The standard InChI is InChI=1S/C21H23N3O3/c1-4-14(2)16-9-5-6-10-17(16)23-20(25)15(3)27-21(26)18-13-24-12-8-7-11-19(24)22-18/h5-15H,4H2,1-3H3,(H,23,25)/t14-,15-/m1/s1. The number of aromatic nitrogens is 2. The van der Waals surface area contributed by atoms with E-state index in [0.717, 1.165) is 17.7 Å². The number of nitrogens with one attached hydrogen (secondary N) is 1. The van der Waals surface area contributed by atoms with E-state index in [1.54, 1.807) is 29.8 Å². The summed E-state index contributed by atoms with van der Waals surface area (Å²) in [4.78, 5) is 29.0. The normalized spacial score (nSPS) is 13.1. The highest BCUT2D eigenvalue weighted by Gasteiger charge is 2.22. The summed E-state index contributed by atoms with van der Waals surface area (Å²) in [7, 11) is 0. The minimum Gasteiger partial charge on any atom is -0.448 e. The molecule has 1 amide bonds. The summed E-state index contributed by atoms with van der Waals surface area (Å²) < 4.78 is 7.03. The van der Waals surface area contributed by atoms with Gasteiger partial charge in [0.15, 0.2) is 11.8 Å². The molecule has 0 saturated carbocycles. The third kappa shape index (κ3) is 4.16. The Bertz CT molecular complexity index is 931. The van der Waals surface area contributed by atoms with Crippen molar-refractivity contribution in [3.8, 4) is 0 Å². The summed E-state index contributed by atoms with van der Waals surface area (Å²) in [5.41, 5.74) is 2.62. The molecule has 1 N–H and O–H groups in total. The van der Waals surface area contributed by atoms with Gasteiger partial charge in [-0.1, -0.05) is 38.1 Å². The first-order valence-corrected chi connectivity index (χ1v) is 9.04. The SMILES string of the molecule is CC[C@@H](C)c1ccccc1NC(=O)[C@@H](C)OC(=O)c1cn2ccccc2n1. The van der Waals surface area contributed by atoms with E-state index in [0.29, 0.717) is 11.6 Å². The molecule has 3 rings (SSSR count). The number of fused-ring (bicyclic) bond motifs is 1. The van der Waals surface area contributed by atoms with Gasteiger partial charge in [0.25, 0.3) is 5.91 Å². The molecule has 27 heavy (non-hydrogen) atoms. The summed E-state index contributed by atoms with van der Waals surface area (Å²) in [6, 6.07) is 13.1. The maximum absolute atomic E-state index is 12.5. The highest BCUT2D eigenvalue weighted by Crippen LogP contribution is 2.26. The first-order chi connectivity index (χ1) is 13.0. The van der Waals surface area contributed by atoms with Gasteiger partial charge in [0.05, 0.1) is 0 Å². The molecule has 0 unspecified atom stereocenters. The van der Waals surface area contributed by atoms with Crippen molar-refractivity contribution >= 4 is 23.2 Å². The van der Waals surface area contributed by atoms with E-state index in [4.69, 9.17) is 4.74 Å². The van der Waals surface area contributed by atoms with E-state index in [1.165, 1.54) is 0 Å². The van der Waals surface area contributed by atoms with Crippen LogP contribution in [0.5, 0.6) is 0 Å². The number of amides is 1. The lowest BCUT2D eigenvalue weighted by molar-refractivity contribution is -0.123. The van der Waals surface area contributed by atoms with E-state index in [9.17, 15) is 9.59 Å². The quantitative estimate of drug-likeness (QED) is 0.669. The number of imidazole rings is 1. The maximum atomic E-state index is 12.5. The van der Waals surface area contributed by atoms with Crippen LogP contribution in [0, 0.1) is 0 Å². The van der Waals surface area contributed by atoms with Crippen LogP contribution in [0.15, 0.2) is 54.9 Å². The average molecular weight is 365 g/mol. The van der Waals surface area contributed by atoms with Crippen molar-refractivity contribution < 1.29 is 14.3 Å². The summed E-state index contributed by atoms with van der Waals surface area (Å²) in [6.45, 7) is 5.76. The van der Waals surface area contributed by atoms with Crippen molar-refractivity contribution in [1.29, 1.82) is 0 Å². The van der Waals surface area contributed by atoms with Crippen molar-refractivity contribution in [2.75, 3.05) is 5.32 Å². The predicted octanol–water partition coefficient (Wildman–Crippen LogP) is 4.03. The van der Waals surface area contributed by atoms with Crippen LogP contribution < -0.4 is 5.32 Å². The number of carbonyl (C=O) groups excluding carboxylic acids is 2. The van der Waals surface area contributed by atoms with Crippen LogP contribution in [0.2, 0.25) is 0 Å². The maximum Gasteiger partial charge on any atom is 0.359 e. The molecule has 0 aliphatic carbocycles. The molecule has 2 heterocycles. The third-order valence-electron chi connectivity index (χ3n) is 4.59. The molecule has 2 aromatic heterocycles. The Balaban J connectivity index is 1.68. The fourth-order valence-corrected chi connectivity index (χ4v) is 2.80. The summed E-state index contributed by atoms with van der Waals surface area (Å²) >= 11 is 0. The van der Waals surface area contributed by atoms with E-state index in [-0.39, 0.29) is 11.6 Å². The van der Waals surface area contributed by atoms with Gasteiger partial charge >= 0.3 is 5.97 Å². The summed E-state index contributed by atoms with van der Waals surface area (Å²) in [6.07, 6.45) is 3.40. The topological polar surface area (TPSA) is 72.7 Å². The van der Waals surface area contributed by atoms with Crippen LogP contribution in [-0.2, 0) is 9.53 Å². The van der Waals surface area contributed by atoms with Crippen molar-refractivity contribution in [2.45, 2.75) is 39.2 Å².